The number of fused-ring (bicyclic) bond motifs is 5. The predicted octanol–water partition coefficient (Wildman–Crippen LogP) is 4.30. The zero-order valence-corrected chi connectivity index (χ0v) is 14.8. The predicted molar refractivity (Wildman–Crippen MR) is 98.7 cm³/mol. The monoisotopic (exact) mass is 322 g/mol. The molecule has 3 atom stereocenters. The molecule has 2 heterocycles. The first-order valence-corrected chi connectivity index (χ1v) is 9.19. The smallest absolute Gasteiger partial charge is 0.225 e. The fourth-order valence-electron chi connectivity index (χ4n) is 3.99. The third-order valence-electron chi connectivity index (χ3n) is 5.51. The Balaban J connectivity index is 1.67. The number of hydrogen-bond donors (Lipinski definition) is 1. The van der Waals surface area contributed by atoms with Crippen molar-refractivity contribution in [3.63, 3.8) is 0 Å². The molecular weight excluding hydrogens is 296 g/mol. The van der Waals surface area contributed by atoms with E-state index in [1.54, 1.807) is 5.56 Å². The molecule has 2 aromatic rings. The molecule has 0 saturated carbocycles. The highest BCUT2D eigenvalue weighted by atomic mass is 15.3. The Morgan fingerprint density at radius 3 is 2.75 bits per heavy atom. The van der Waals surface area contributed by atoms with Gasteiger partial charge in [-0.05, 0) is 37.3 Å². The van der Waals surface area contributed by atoms with E-state index >= 15 is 0 Å². The molecule has 4 heteroatoms. The van der Waals surface area contributed by atoms with Gasteiger partial charge in [0.25, 0.3) is 0 Å². The van der Waals surface area contributed by atoms with Gasteiger partial charge in [0.1, 0.15) is 5.82 Å². The molecule has 2 bridgehead atoms. The SMILES string of the molecule is CCc1cc(N2C[C@H]3C[C@H]2c2ccccc23)nc(N[C@@H](C)CC)n1. The summed E-state index contributed by atoms with van der Waals surface area (Å²) in [5.41, 5.74) is 4.14. The standard InChI is InChI=1S/C20H26N4/c1-4-13(3)21-20-22-15(5-2)11-19(23-20)24-12-14-10-18(24)17-9-7-6-8-16(14)17/h6-9,11,13-14,18H,4-5,10,12H2,1-3H3,(H,21,22,23)/t13-,14+,18-/m0/s1. The highest BCUT2D eigenvalue weighted by Gasteiger charge is 2.42. The highest BCUT2D eigenvalue weighted by Crippen LogP contribution is 2.51. The zero-order chi connectivity index (χ0) is 16.7. The van der Waals surface area contributed by atoms with Crippen molar-refractivity contribution in [3.8, 4) is 0 Å². The lowest BCUT2D eigenvalue weighted by Gasteiger charge is -2.30. The first-order chi connectivity index (χ1) is 11.7. The van der Waals surface area contributed by atoms with Crippen LogP contribution in [0.5, 0.6) is 0 Å². The Bertz CT molecular complexity index is 742. The molecule has 1 aromatic heterocycles. The van der Waals surface area contributed by atoms with Crippen LogP contribution in [-0.4, -0.2) is 22.6 Å². The molecule has 1 fully saturated rings. The maximum absolute atomic E-state index is 4.85. The first kappa shape index (κ1) is 15.4. The Labute approximate surface area is 144 Å². The lowest BCUT2D eigenvalue weighted by atomic mass is 9.99. The van der Waals surface area contributed by atoms with E-state index in [1.807, 2.05) is 0 Å². The molecule has 1 aliphatic heterocycles. The molecule has 1 aromatic carbocycles. The van der Waals surface area contributed by atoms with Crippen LogP contribution in [0.3, 0.4) is 0 Å². The van der Waals surface area contributed by atoms with E-state index in [0.29, 0.717) is 18.0 Å². The molecule has 0 unspecified atom stereocenters. The van der Waals surface area contributed by atoms with E-state index in [1.165, 1.54) is 12.0 Å². The van der Waals surface area contributed by atoms with Gasteiger partial charge in [0.2, 0.25) is 5.95 Å². The van der Waals surface area contributed by atoms with Gasteiger partial charge < -0.3 is 10.2 Å². The van der Waals surface area contributed by atoms with Crippen molar-refractivity contribution in [2.45, 2.75) is 58.0 Å². The summed E-state index contributed by atoms with van der Waals surface area (Å²) in [5, 5.41) is 3.44. The van der Waals surface area contributed by atoms with Crippen molar-refractivity contribution in [2.75, 3.05) is 16.8 Å². The summed E-state index contributed by atoms with van der Waals surface area (Å²) in [6.45, 7) is 7.59. The number of benzene rings is 1. The molecule has 4 nitrogen and oxygen atoms in total. The van der Waals surface area contributed by atoms with Crippen LogP contribution < -0.4 is 10.2 Å². The normalized spacial score (nSPS) is 22.5. The van der Waals surface area contributed by atoms with Crippen molar-refractivity contribution < 1.29 is 0 Å². The molecule has 24 heavy (non-hydrogen) atoms. The van der Waals surface area contributed by atoms with Gasteiger partial charge in [-0.2, -0.15) is 4.98 Å². The molecule has 4 rings (SSSR count). The molecule has 1 saturated heterocycles. The van der Waals surface area contributed by atoms with Gasteiger partial charge in [0.05, 0.1) is 6.04 Å². The second-order valence-corrected chi connectivity index (χ2v) is 7.08. The minimum absolute atomic E-state index is 0.390. The zero-order valence-electron chi connectivity index (χ0n) is 14.8. The summed E-state index contributed by atoms with van der Waals surface area (Å²) in [7, 11) is 0. The fourth-order valence-corrected chi connectivity index (χ4v) is 3.99. The fraction of sp³-hybridized carbons (Fsp3) is 0.500. The van der Waals surface area contributed by atoms with E-state index in [4.69, 9.17) is 4.98 Å². The van der Waals surface area contributed by atoms with E-state index in [0.717, 1.165) is 36.8 Å². The maximum atomic E-state index is 4.85. The molecule has 126 valence electrons. The Morgan fingerprint density at radius 1 is 1.21 bits per heavy atom. The van der Waals surface area contributed by atoms with Crippen molar-refractivity contribution in [3.05, 3.63) is 47.2 Å². The van der Waals surface area contributed by atoms with Crippen molar-refractivity contribution >= 4 is 11.8 Å². The summed E-state index contributed by atoms with van der Waals surface area (Å²) in [6.07, 6.45) is 3.22. The number of hydrogen-bond acceptors (Lipinski definition) is 4. The minimum atomic E-state index is 0.390. The number of rotatable bonds is 5. The molecule has 2 aliphatic rings. The quantitative estimate of drug-likeness (QED) is 0.891. The van der Waals surface area contributed by atoms with Gasteiger partial charge in [-0.3, -0.25) is 0 Å². The molecule has 1 aliphatic carbocycles. The van der Waals surface area contributed by atoms with E-state index in [9.17, 15) is 0 Å². The second kappa shape index (κ2) is 6.08. The molecule has 0 spiro atoms. The van der Waals surface area contributed by atoms with Crippen molar-refractivity contribution in [1.82, 2.24) is 9.97 Å². The largest absolute Gasteiger partial charge is 0.352 e. The number of nitrogens with one attached hydrogen (secondary N) is 1. The average Bonchev–Trinajstić information content (AvgIpc) is 3.21. The number of nitrogens with zero attached hydrogens (tertiary/aromatic N) is 3. The van der Waals surface area contributed by atoms with Crippen LogP contribution in [0.25, 0.3) is 0 Å². The minimum Gasteiger partial charge on any atom is -0.352 e. The molecule has 0 amide bonds. The second-order valence-electron chi connectivity index (χ2n) is 7.08. The van der Waals surface area contributed by atoms with Crippen LogP contribution in [0.4, 0.5) is 11.8 Å². The average molecular weight is 322 g/mol. The van der Waals surface area contributed by atoms with Crippen LogP contribution in [0.2, 0.25) is 0 Å². The van der Waals surface area contributed by atoms with E-state index < -0.39 is 0 Å². The van der Waals surface area contributed by atoms with Crippen LogP contribution in [0, 0.1) is 0 Å². The summed E-state index contributed by atoms with van der Waals surface area (Å²) < 4.78 is 0. The lowest BCUT2D eigenvalue weighted by molar-refractivity contribution is 0.719. The van der Waals surface area contributed by atoms with Gasteiger partial charge in [-0.15, -0.1) is 0 Å². The lowest BCUT2D eigenvalue weighted by Crippen LogP contribution is -2.28. The summed E-state index contributed by atoms with van der Waals surface area (Å²) in [5.74, 6) is 2.50. The van der Waals surface area contributed by atoms with Crippen molar-refractivity contribution in [1.29, 1.82) is 0 Å². The van der Waals surface area contributed by atoms with Gasteiger partial charge in [-0.25, -0.2) is 4.98 Å². The summed E-state index contributed by atoms with van der Waals surface area (Å²) >= 11 is 0. The number of aromatic nitrogens is 2. The molecular formula is C20H26N4. The van der Waals surface area contributed by atoms with Gasteiger partial charge in [-0.1, -0.05) is 38.1 Å². The number of aryl methyl sites for hydroxylation is 1. The van der Waals surface area contributed by atoms with Gasteiger partial charge in [0, 0.05) is 30.3 Å². The van der Waals surface area contributed by atoms with E-state index in [2.05, 4.69) is 66.3 Å². The maximum Gasteiger partial charge on any atom is 0.225 e. The van der Waals surface area contributed by atoms with Crippen LogP contribution in [0.1, 0.15) is 62.4 Å². The Kier molecular flexibility index (Phi) is 3.91. The first-order valence-electron chi connectivity index (χ1n) is 9.19. The molecule has 1 N–H and O–H groups in total. The van der Waals surface area contributed by atoms with Crippen LogP contribution in [0.15, 0.2) is 30.3 Å². The van der Waals surface area contributed by atoms with Crippen LogP contribution >= 0.6 is 0 Å². The number of anilines is 2. The summed E-state index contributed by atoms with van der Waals surface area (Å²) in [6, 6.07) is 11.9. The third kappa shape index (κ3) is 2.54. The van der Waals surface area contributed by atoms with Crippen molar-refractivity contribution in [2.24, 2.45) is 0 Å². The third-order valence-corrected chi connectivity index (χ3v) is 5.51. The van der Waals surface area contributed by atoms with Crippen LogP contribution in [-0.2, 0) is 6.42 Å². The molecule has 0 radical (unpaired) electrons. The van der Waals surface area contributed by atoms with E-state index in [-0.39, 0.29) is 0 Å². The van der Waals surface area contributed by atoms with Gasteiger partial charge >= 0.3 is 0 Å². The Hall–Kier alpha value is -2.10. The highest BCUT2D eigenvalue weighted by molar-refractivity contribution is 5.55. The Morgan fingerprint density at radius 2 is 2.00 bits per heavy atom. The topological polar surface area (TPSA) is 41.1 Å². The summed E-state index contributed by atoms with van der Waals surface area (Å²) in [4.78, 5) is 12.0. The van der Waals surface area contributed by atoms with Gasteiger partial charge in [0.15, 0.2) is 0 Å².